The number of benzene rings is 1. The van der Waals surface area contributed by atoms with E-state index < -0.39 is 11.6 Å². The fourth-order valence-corrected chi connectivity index (χ4v) is 3.28. The zero-order chi connectivity index (χ0) is 18.7. The van der Waals surface area contributed by atoms with Gasteiger partial charge in [-0.2, -0.15) is 0 Å². The van der Waals surface area contributed by atoms with Crippen LogP contribution in [0.2, 0.25) is 0 Å². The summed E-state index contributed by atoms with van der Waals surface area (Å²) in [6, 6.07) is 2.43. The normalized spacial score (nSPS) is 18.2. The molecule has 1 aromatic rings. The van der Waals surface area contributed by atoms with Crippen molar-refractivity contribution in [1.82, 2.24) is 5.32 Å². The minimum Gasteiger partial charge on any atom is -0.371 e. The van der Waals surface area contributed by atoms with Crippen LogP contribution >= 0.6 is 0 Å². The maximum absolute atomic E-state index is 14.7. The van der Waals surface area contributed by atoms with E-state index in [1.165, 1.54) is 12.1 Å². The highest BCUT2D eigenvalue weighted by Gasteiger charge is 2.28. The lowest BCUT2D eigenvalue weighted by molar-refractivity contribution is -0.111. The van der Waals surface area contributed by atoms with E-state index in [2.05, 4.69) is 5.32 Å². The molecule has 136 valence electrons. The molecule has 0 spiro atoms. The van der Waals surface area contributed by atoms with Gasteiger partial charge in [-0.15, -0.1) is 0 Å². The largest absolute Gasteiger partial charge is 0.371 e. The third-order valence-electron chi connectivity index (χ3n) is 4.71. The second-order valence-corrected chi connectivity index (χ2v) is 6.28. The molecule has 0 saturated carbocycles. The summed E-state index contributed by atoms with van der Waals surface area (Å²) >= 11 is 0. The molecule has 0 amide bonds. The predicted octanol–water partition coefficient (Wildman–Crippen LogP) is 1.57. The van der Waals surface area contributed by atoms with Crippen molar-refractivity contribution in [3.05, 3.63) is 35.3 Å². The number of piperidine rings is 1. The Hall–Kier alpha value is -2.95. The first kappa shape index (κ1) is 17.9. The molecular weight excluding hydrogens is 344 g/mol. The third-order valence-corrected chi connectivity index (χ3v) is 4.71. The van der Waals surface area contributed by atoms with Gasteiger partial charge in [-0.3, -0.25) is 0 Å². The molecule has 1 aromatic carbocycles. The Kier molecular flexibility index (Phi) is 5.16. The number of nitrogens with zero attached hydrogens (tertiary/aromatic N) is 2. The molecule has 0 bridgehead atoms. The maximum Gasteiger partial charge on any atom is 0.198 e. The molecule has 0 aromatic heterocycles. The number of aldehydes is 1. The maximum atomic E-state index is 14.7. The SMILES string of the molecule is O=C=C1CCN(c2c(F)cc(N3CCC(C=O)CC3)cc2F)C(=C=O)N1. The van der Waals surface area contributed by atoms with Crippen molar-refractivity contribution in [2.45, 2.75) is 19.3 Å². The summed E-state index contributed by atoms with van der Waals surface area (Å²) in [5, 5.41) is 2.48. The van der Waals surface area contributed by atoms with Crippen LogP contribution in [0.15, 0.2) is 23.7 Å². The smallest absolute Gasteiger partial charge is 0.198 e. The van der Waals surface area contributed by atoms with Crippen LogP contribution in [0, 0.1) is 17.6 Å². The van der Waals surface area contributed by atoms with E-state index in [-0.39, 0.29) is 36.1 Å². The number of hydrogen-bond donors (Lipinski definition) is 1. The summed E-state index contributed by atoms with van der Waals surface area (Å²) in [5.74, 6) is 1.33. The van der Waals surface area contributed by atoms with Crippen molar-refractivity contribution in [3.63, 3.8) is 0 Å². The number of anilines is 2. The Morgan fingerprint density at radius 1 is 1.08 bits per heavy atom. The molecule has 2 saturated heterocycles. The van der Waals surface area contributed by atoms with Crippen LogP contribution in [0.4, 0.5) is 20.2 Å². The van der Waals surface area contributed by atoms with Gasteiger partial charge in [0.1, 0.15) is 23.6 Å². The Morgan fingerprint density at radius 2 is 1.73 bits per heavy atom. The quantitative estimate of drug-likeness (QED) is 0.651. The van der Waals surface area contributed by atoms with E-state index in [0.29, 0.717) is 31.6 Å². The van der Waals surface area contributed by atoms with Crippen molar-refractivity contribution in [2.75, 3.05) is 29.4 Å². The van der Waals surface area contributed by atoms with Gasteiger partial charge in [0.25, 0.3) is 0 Å². The third kappa shape index (κ3) is 3.38. The molecule has 0 radical (unpaired) electrons. The van der Waals surface area contributed by atoms with Crippen molar-refractivity contribution in [2.24, 2.45) is 5.92 Å². The molecule has 2 fully saturated rings. The second-order valence-electron chi connectivity index (χ2n) is 6.28. The number of rotatable bonds is 3. The summed E-state index contributed by atoms with van der Waals surface area (Å²) < 4.78 is 29.3. The van der Waals surface area contributed by atoms with E-state index >= 15 is 0 Å². The monoisotopic (exact) mass is 361 g/mol. The van der Waals surface area contributed by atoms with Crippen molar-refractivity contribution in [1.29, 1.82) is 0 Å². The number of hydrogen-bond acceptors (Lipinski definition) is 6. The number of carbonyl (C=O) groups excluding carboxylic acids is 3. The number of carbonyl (C=O) groups is 1. The summed E-state index contributed by atoms with van der Waals surface area (Å²) in [6.07, 6.45) is 2.38. The molecule has 1 N–H and O–H groups in total. The first-order valence-electron chi connectivity index (χ1n) is 8.30. The number of halogens is 2. The fraction of sp³-hybridized carbons (Fsp3) is 0.389. The predicted molar refractivity (Wildman–Crippen MR) is 90.9 cm³/mol. The summed E-state index contributed by atoms with van der Waals surface area (Å²) in [7, 11) is 0. The van der Waals surface area contributed by atoms with Gasteiger partial charge >= 0.3 is 0 Å². The van der Waals surface area contributed by atoms with Crippen LogP contribution in [-0.4, -0.2) is 37.8 Å². The van der Waals surface area contributed by atoms with Crippen LogP contribution in [-0.2, 0) is 14.4 Å². The van der Waals surface area contributed by atoms with E-state index in [4.69, 9.17) is 0 Å². The lowest BCUT2D eigenvalue weighted by Gasteiger charge is -2.33. The molecule has 26 heavy (non-hydrogen) atoms. The van der Waals surface area contributed by atoms with E-state index in [1.807, 2.05) is 4.90 Å². The van der Waals surface area contributed by atoms with Crippen molar-refractivity contribution >= 4 is 29.5 Å². The molecule has 3 rings (SSSR count). The highest BCUT2D eigenvalue weighted by molar-refractivity contribution is 5.70. The van der Waals surface area contributed by atoms with Crippen molar-refractivity contribution < 1.29 is 23.2 Å². The number of nitrogens with one attached hydrogen (secondary N) is 1. The Bertz CT molecular complexity index is 798. The first-order valence-corrected chi connectivity index (χ1v) is 8.30. The summed E-state index contributed by atoms with van der Waals surface area (Å²) in [5.41, 5.74) is 0.158. The van der Waals surface area contributed by atoms with Crippen LogP contribution < -0.4 is 15.1 Å². The minimum atomic E-state index is -0.814. The Labute approximate surface area is 148 Å². The second kappa shape index (κ2) is 7.52. The molecule has 2 aliphatic heterocycles. The van der Waals surface area contributed by atoms with E-state index in [0.717, 1.165) is 11.2 Å². The zero-order valence-corrected chi connectivity index (χ0v) is 13.9. The lowest BCUT2D eigenvalue weighted by atomic mass is 9.98. The fourth-order valence-electron chi connectivity index (χ4n) is 3.28. The molecule has 8 heteroatoms. The lowest BCUT2D eigenvalue weighted by Crippen LogP contribution is -2.40. The van der Waals surface area contributed by atoms with Gasteiger partial charge in [0.2, 0.25) is 0 Å². The zero-order valence-electron chi connectivity index (χ0n) is 13.9. The Morgan fingerprint density at radius 3 is 2.27 bits per heavy atom. The van der Waals surface area contributed by atoms with Gasteiger partial charge in [-0.1, -0.05) is 0 Å². The molecule has 0 unspecified atom stereocenters. The Balaban J connectivity index is 1.87. The van der Waals surface area contributed by atoms with Gasteiger partial charge in [0.15, 0.2) is 23.4 Å². The first-order chi connectivity index (χ1) is 12.6. The molecule has 0 atom stereocenters. The van der Waals surface area contributed by atoms with E-state index in [1.54, 1.807) is 11.9 Å². The average Bonchev–Trinajstić information content (AvgIpc) is 2.67. The van der Waals surface area contributed by atoms with Gasteiger partial charge in [-0.25, -0.2) is 18.4 Å². The summed E-state index contributed by atoms with van der Waals surface area (Å²) in [6.45, 7) is 1.14. The van der Waals surface area contributed by atoms with Crippen LogP contribution in [0.5, 0.6) is 0 Å². The van der Waals surface area contributed by atoms with Gasteiger partial charge in [0.05, 0.1) is 0 Å². The molecular formula is C18H17F2N3O3. The van der Waals surface area contributed by atoms with Crippen LogP contribution in [0.3, 0.4) is 0 Å². The molecule has 2 aliphatic rings. The van der Waals surface area contributed by atoms with E-state index in [9.17, 15) is 23.2 Å². The van der Waals surface area contributed by atoms with Gasteiger partial charge < -0.3 is 19.9 Å². The van der Waals surface area contributed by atoms with Gasteiger partial charge in [0, 0.05) is 37.7 Å². The minimum absolute atomic E-state index is 0.0139. The molecule has 6 nitrogen and oxygen atoms in total. The molecule has 0 aliphatic carbocycles. The highest BCUT2D eigenvalue weighted by atomic mass is 19.1. The van der Waals surface area contributed by atoms with Crippen molar-refractivity contribution in [3.8, 4) is 0 Å². The highest BCUT2D eigenvalue weighted by Crippen LogP contribution is 2.33. The summed E-state index contributed by atoms with van der Waals surface area (Å²) in [4.78, 5) is 35.6. The molecule has 2 heterocycles. The van der Waals surface area contributed by atoms with Gasteiger partial charge in [-0.05, 0) is 25.0 Å². The average molecular weight is 361 g/mol. The standard InChI is InChI=1S/C18H17F2N3O3/c19-15-7-14(22-4-1-12(9-24)2-5-22)8-16(20)18(15)23-6-3-13(10-25)21-17(23)11-26/h7-9,12,21H,1-6H2. The van der Waals surface area contributed by atoms with Crippen LogP contribution in [0.1, 0.15) is 19.3 Å². The van der Waals surface area contributed by atoms with Crippen LogP contribution in [0.25, 0.3) is 0 Å². The topological polar surface area (TPSA) is 69.7 Å².